The highest BCUT2D eigenvalue weighted by Gasteiger charge is 2.19. The second kappa shape index (κ2) is 4.78. The van der Waals surface area contributed by atoms with E-state index in [1.807, 2.05) is 0 Å². The zero-order valence-electron chi connectivity index (χ0n) is 10.1. The van der Waals surface area contributed by atoms with E-state index in [9.17, 15) is 0 Å². The van der Waals surface area contributed by atoms with Crippen LogP contribution < -0.4 is 11.1 Å². The standard InChI is InChI=1S/C13H16N4O/c14-8-12-16-17-13(18-12)15-11-6-5-9-3-1-2-4-10(9)7-11/h1-4,11H,5-8,14H2,(H,15,17). The van der Waals surface area contributed by atoms with Gasteiger partial charge in [0.1, 0.15) is 0 Å². The average molecular weight is 244 g/mol. The molecule has 3 rings (SSSR count). The smallest absolute Gasteiger partial charge is 0.315 e. The van der Waals surface area contributed by atoms with Crippen LogP contribution in [0.2, 0.25) is 0 Å². The molecular weight excluding hydrogens is 228 g/mol. The monoisotopic (exact) mass is 244 g/mol. The molecule has 0 aliphatic heterocycles. The van der Waals surface area contributed by atoms with Gasteiger partial charge >= 0.3 is 6.01 Å². The predicted octanol–water partition coefficient (Wildman–Crippen LogP) is 1.50. The highest BCUT2D eigenvalue weighted by Crippen LogP contribution is 2.23. The molecule has 1 aliphatic rings. The second-order valence-corrected chi connectivity index (χ2v) is 4.56. The lowest BCUT2D eigenvalue weighted by molar-refractivity contribution is 0.492. The molecular formula is C13H16N4O. The molecule has 0 radical (unpaired) electrons. The van der Waals surface area contributed by atoms with E-state index in [1.165, 1.54) is 11.1 Å². The van der Waals surface area contributed by atoms with Crippen molar-refractivity contribution < 1.29 is 4.42 Å². The molecule has 5 nitrogen and oxygen atoms in total. The van der Waals surface area contributed by atoms with Gasteiger partial charge in [0.05, 0.1) is 6.54 Å². The van der Waals surface area contributed by atoms with Crippen LogP contribution in [0, 0.1) is 0 Å². The van der Waals surface area contributed by atoms with Crippen molar-refractivity contribution in [2.45, 2.75) is 31.8 Å². The van der Waals surface area contributed by atoms with E-state index in [-0.39, 0.29) is 6.54 Å². The van der Waals surface area contributed by atoms with Crippen LogP contribution in [0.3, 0.4) is 0 Å². The van der Waals surface area contributed by atoms with Crippen molar-refractivity contribution >= 4 is 6.01 Å². The van der Waals surface area contributed by atoms with Crippen LogP contribution >= 0.6 is 0 Å². The quantitative estimate of drug-likeness (QED) is 0.855. The van der Waals surface area contributed by atoms with E-state index >= 15 is 0 Å². The molecule has 1 heterocycles. The molecule has 1 unspecified atom stereocenters. The maximum atomic E-state index is 5.44. The fraction of sp³-hybridized carbons (Fsp3) is 0.385. The fourth-order valence-corrected chi connectivity index (χ4v) is 2.39. The summed E-state index contributed by atoms with van der Waals surface area (Å²) in [5.41, 5.74) is 8.29. The zero-order chi connectivity index (χ0) is 12.4. The van der Waals surface area contributed by atoms with Gasteiger partial charge in [0, 0.05) is 6.04 Å². The van der Waals surface area contributed by atoms with Gasteiger partial charge in [-0.25, -0.2) is 0 Å². The van der Waals surface area contributed by atoms with Crippen LogP contribution in [0.5, 0.6) is 0 Å². The molecule has 94 valence electrons. The lowest BCUT2D eigenvalue weighted by Gasteiger charge is -2.24. The summed E-state index contributed by atoms with van der Waals surface area (Å²) in [6.07, 6.45) is 3.17. The summed E-state index contributed by atoms with van der Waals surface area (Å²) in [6.45, 7) is 0.280. The van der Waals surface area contributed by atoms with Crippen molar-refractivity contribution in [2.75, 3.05) is 5.32 Å². The number of fused-ring (bicyclic) bond motifs is 1. The molecule has 1 aromatic carbocycles. The van der Waals surface area contributed by atoms with Gasteiger partial charge in [-0.3, -0.25) is 0 Å². The summed E-state index contributed by atoms with van der Waals surface area (Å²) < 4.78 is 5.37. The minimum Gasteiger partial charge on any atom is -0.407 e. The Bertz CT molecular complexity index is 537. The third kappa shape index (κ3) is 2.22. The molecule has 1 atom stereocenters. The molecule has 0 bridgehead atoms. The molecule has 0 saturated heterocycles. The van der Waals surface area contributed by atoms with E-state index in [4.69, 9.17) is 10.2 Å². The summed E-state index contributed by atoms with van der Waals surface area (Å²) >= 11 is 0. The van der Waals surface area contributed by atoms with Crippen LogP contribution in [0.1, 0.15) is 23.4 Å². The van der Waals surface area contributed by atoms with Crippen LogP contribution in [-0.4, -0.2) is 16.2 Å². The number of aromatic nitrogens is 2. The first-order valence-corrected chi connectivity index (χ1v) is 6.21. The summed E-state index contributed by atoms with van der Waals surface area (Å²) in [5.74, 6) is 0.466. The lowest BCUT2D eigenvalue weighted by Crippen LogP contribution is -2.27. The zero-order valence-corrected chi connectivity index (χ0v) is 10.1. The lowest BCUT2D eigenvalue weighted by atomic mass is 9.88. The van der Waals surface area contributed by atoms with E-state index in [0.29, 0.717) is 17.9 Å². The predicted molar refractivity (Wildman–Crippen MR) is 68.1 cm³/mol. The molecule has 0 spiro atoms. The van der Waals surface area contributed by atoms with E-state index in [1.54, 1.807) is 0 Å². The van der Waals surface area contributed by atoms with E-state index < -0.39 is 0 Å². The Balaban J connectivity index is 1.69. The molecule has 1 aromatic heterocycles. The van der Waals surface area contributed by atoms with Gasteiger partial charge in [-0.2, -0.15) is 0 Å². The minimum atomic E-state index is 0.280. The Hall–Kier alpha value is -1.88. The molecule has 0 saturated carbocycles. The number of anilines is 1. The van der Waals surface area contributed by atoms with Crippen LogP contribution in [0.25, 0.3) is 0 Å². The van der Waals surface area contributed by atoms with E-state index in [2.05, 4.69) is 39.8 Å². The molecule has 0 fully saturated rings. The third-order valence-electron chi connectivity index (χ3n) is 3.32. The summed E-state index contributed by atoms with van der Waals surface area (Å²) in [4.78, 5) is 0. The number of benzene rings is 1. The van der Waals surface area contributed by atoms with Crippen molar-refractivity contribution in [1.29, 1.82) is 0 Å². The Morgan fingerprint density at radius 1 is 1.28 bits per heavy atom. The molecule has 1 aliphatic carbocycles. The summed E-state index contributed by atoms with van der Waals surface area (Å²) in [6, 6.07) is 9.39. The molecule has 0 amide bonds. The fourth-order valence-electron chi connectivity index (χ4n) is 2.39. The molecule has 3 N–H and O–H groups in total. The van der Waals surface area contributed by atoms with Crippen LogP contribution in [0.4, 0.5) is 6.01 Å². The first-order valence-electron chi connectivity index (χ1n) is 6.21. The third-order valence-corrected chi connectivity index (χ3v) is 3.32. The first kappa shape index (κ1) is 11.2. The van der Waals surface area contributed by atoms with Gasteiger partial charge in [-0.1, -0.05) is 29.4 Å². The highest BCUT2D eigenvalue weighted by molar-refractivity contribution is 5.33. The van der Waals surface area contributed by atoms with Gasteiger partial charge in [-0.15, -0.1) is 5.10 Å². The Morgan fingerprint density at radius 2 is 2.11 bits per heavy atom. The van der Waals surface area contributed by atoms with Crippen molar-refractivity contribution in [2.24, 2.45) is 5.73 Å². The van der Waals surface area contributed by atoms with E-state index in [0.717, 1.165) is 19.3 Å². The van der Waals surface area contributed by atoms with Gasteiger partial charge in [0.25, 0.3) is 0 Å². The average Bonchev–Trinajstić information content (AvgIpc) is 2.86. The Morgan fingerprint density at radius 3 is 2.89 bits per heavy atom. The van der Waals surface area contributed by atoms with Crippen molar-refractivity contribution in [1.82, 2.24) is 10.2 Å². The normalized spacial score (nSPS) is 18.4. The number of rotatable bonds is 3. The summed E-state index contributed by atoms with van der Waals surface area (Å²) in [7, 11) is 0. The number of aryl methyl sites for hydroxylation is 1. The maximum absolute atomic E-state index is 5.44. The van der Waals surface area contributed by atoms with Gasteiger partial charge in [0.2, 0.25) is 5.89 Å². The number of nitrogens with zero attached hydrogens (tertiary/aromatic N) is 2. The minimum absolute atomic E-state index is 0.280. The van der Waals surface area contributed by atoms with Gasteiger partial charge in [-0.05, 0) is 30.4 Å². The molecule has 18 heavy (non-hydrogen) atoms. The van der Waals surface area contributed by atoms with Crippen molar-refractivity contribution in [3.8, 4) is 0 Å². The van der Waals surface area contributed by atoms with Crippen molar-refractivity contribution in [3.63, 3.8) is 0 Å². The Labute approximate surface area is 105 Å². The van der Waals surface area contributed by atoms with Crippen molar-refractivity contribution in [3.05, 3.63) is 41.3 Å². The molecule has 2 aromatic rings. The summed E-state index contributed by atoms with van der Waals surface area (Å²) in [5, 5.41) is 11.1. The highest BCUT2D eigenvalue weighted by atomic mass is 16.4. The SMILES string of the molecule is NCc1nnc(NC2CCc3ccccc3C2)o1. The molecule has 5 heteroatoms. The first-order chi connectivity index (χ1) is 8.85. The van der Waals surface area contributed by atoms with Gasteiger partial charge in [0.15, 0.2) is 0 Å². The van der Waals surface area contributed by atoms with Crippen LogP contribution in [0.15, 0.2) is 28.7 Å². The number of hydrogen-bond acceptors (Lipinski definition) is 5. The Kier molecular flexibility index (Phi) is 2.98. The van der Waals surface area contributed by atoms with Gasteiger partial charge < -0.3 is 15.5 Å². The maximum Gasteiger partial charge on any atom is 0.315 e. The topological polar surface area (TPSA) is 77.0 Å². The number of hydrogen-bond donors (Lipinski definition) is 2. The number of nitrogens with one attached hydrogen (secondary N) is 1. The number of nitrogens with two attached hydrogens (primary N) is 1. The van der Waals surface area contributed by atoms with Crippen LogP contribution in [-0.2, 0) is 19.4 Å². The largest absolute Gasteiger partial charge is 0.407 e. The second-order valence-electron chi connectivity index (χ2n) is 4.56.